The fourth-order valence-electron chi connectivity index (χ4n) is 2.95. The number of rotatable bonds is 8. The average molecular weight is 394 g/mol. The number of nitrogens with one attached hydrogen (secondary N) is 1. The van der Waals surface area contributed by atoms with Crippen molar-refractivity contribution >= 4 is 27.3 Å². The lowest BCUT2D eigenvalue weighted by Crippen LogP contribution is -2.26. The molecule has 2 aromatic rings. The fourth-order valence-corrected chi connectivity index (χ4v) is 4.22. The van der Waals surface area contributed by atoms with E-state index < -0.39 is 10.0 Å². The molecular weight excluding hydrogens is 370 g/mol. The van der Waals surface area contributed by atoms with Crippen molar-refractivity contribution in [2.24, 2.45) is 0 Å². The number of nitrogens with zero attached hydrogens (tertiary/aromatic N) is 2. The van der Waals surface area contributed by atoms with Gasteiger partial charge < -0.3 is 4.90 Å². The van der Waals surface area contributed by atoms with E-state index in [0.29, 0.717) is 19.4 Å². The number of benzene rings is 1. The van der Waals surface area contributed by atoms with E-state index in [0.717, 1.165) is 54.0 Å². The molecule has 1 N–H and O–H groups in total. The number of aromatic nitrogens is 1. The van der Waals surface area contributed by atoms with Gasteiger partial charge in [0.2, 0.25) is 15.9 Å². The van der Waals surface area contributed by atoms with E-state index in [2.05, 4.69) is 9.71 Å². The lowest BCUT2D eigenvalue weighted by Gasteiger charge is -2.13. The first kappa shape index (κ1) is 19.0. The van der Waals surface area contributed by atoms with Crippen molar-refractivity contribution in [3.05, 3.63) is 40.2 Å². The number of carbonyl (C=O) groups excluding carboxylic acids is 1. The van der Waals surface area contributed by atoms with E-state index >= 15 is 0 Å². The fraction of sp³-hybridized carbons (Fsp3) is 0.444. The van der Waals surface area contributed by atoms with E-state index in [4.69, 9.17) is 0 Å². The smallest absolute Gasteiger partial charge is 0.222 e. The van der Waals surface area contributed by atoms with Crippen molar-refractivity contribution in [3.63, 3.8) is 0 Å². The zero-order valence-electron chi connectivity index (χ0n) is 14.8. The molecule has 2 heterocycles. The van der Waals surface area contributed by atoms with Gasteiger partial charge >= 0.3 is 0 Å². The number of likely N-dealkylation sites (tertiary alicyclic amines) is 1. The number of carbonyl (C=O) groups is 1. The molecule has 1 aliphatic heterocycles. The zero-order valence-corrected chi connectivity index (χ0v) is 16.4. The van der Waals surface area contributed by atoms with Crippen LogP contribution >= 0.6 is 11.3 Å². The van der Waals surface area contributed by atoms with Crippen molar-refractivity contribution in [1.82, 2.24) is 14.6 Å². The van der Waals surface area contributed by atoms with Gasteiger partial charge in [-0.2, -0.15) is 0 Å². The van der Waals surface area contributed by atoms with Gasteiger partial charge in [0.25, 0.3) is 0 Å². The average Bonchev–Trinajstić information content (AvgIpc) is 3.21. The molecular formula is C18H23N3O3S2. The molecule has 8 heteroatoms. The molecule has 26 heavy (non-hydrogen) atoms. The summed E-state index contributed by atoms with van der Waals surface area (Å²) in [6.45, 7) is 2.01. The predicted molar refractivity (Wildman–Crippen MR) is 104 cm³/mol. The molecule has 1 aliphatic rings. The number of thiazole rings is 1. The second-order valence-corrected chi connectivity index (χ2v) is 9.25. The highest BCUT2D eigenvalue weighted by atomic mass is 32.2. The third-order valence-corrected chi connectivity index (χ3v) is 5.98. The molecule has 1 aromatic heterocycles. The van der Waals surface area contributed by atoms with Crippen LogP contribution in [0.15, 0.2) is 29.6 Å². The minimum absolute atomic E-state index is 0.253. The summed E-state index contributed by atoms with van der Waals surface area (Å²) in [6, 6.07) is 8.03. The van der Waals surface area contributed by atoms with Crippen LogP contribution < -0.4 is 4.72 Å². The monoisotopic (exact) mass is 393 g/mol. The Morgan fingerprint density at radius 1 is 1.23 bits per heavy atom. The standard InChI is InChI=1S/C18H23N3O3S2/c1-26(23,24)19-10-8-14-4-6-15(7-5-14)16-13-25-17(20-16)9-12-21-11-2-3-18(21)22/h4-7,13,19H,2-3,8-12H2,1H3. The first-order valence-electron chi connectivity index (χ1n) is 8.67. The van der Waals surface area contributed by atoms with Crippen LogP contribution in [-0.2, 0) is 27.7 Å². The number of hydrogen-bond acceptors (Lipinski definition) is 5. The van der Waals surface area contributed by atoms with Gasteiger partial charge in [0.1, 0.15) is 0 Å². The van der Waals surface area contributed by atoms with Crippen molar-refractivity contribution in [1.29, 1.82) is 0 Å². The summed E-state index contributed by atoms with van der Waals surface area (Å²) in [7, 11) is -3.14. The molecule has 1 aromatic carbocycles. The maximum atomic E-state index is 11.7. The summed E-state index contributed by atoms with van der Waals surface area (Å²) >= 11 is 1.62. The summed E-state index contributed by atoms with van der Waals surface area (Å²) in [5.41, 5.74) is 3.07. The van der Waals surface area contributed by atoms with Crippen LogP contribution in [0.25, 0.3) is 11.3 Å². The van der Waals surface area contributed by atoms with Crippen LogP contribution in [0.1, 0.15) is 23.4 Å². The van der Waals surface area contributed by atoms with E-state index in [1.54, 1.807) is 11.3 Å². The highest BCUT2D eigenvalue weighted by molar-refractivity contribution is 7.88. The summed E-state index contributed by atoms with van der Waals surface area (Å²) in [5, 5.41) is 3.09. The summed E-state index contributed by atoms with van der Waals surface area (Å²) in [5.74, 6) is 0.253. The van der Waals surface area contributed by atoms with Gasteiger partial charge in [-0.1, -0.05) is 24.3 Å². The Morgan fingerprint density at radius 2 is 2.00 bits per heavy atom. The maximum Gasteiger partial charge on any atom is 0.222 e. The third-order valence-electron chi connectivity index (χ3n) is 4.35. The molecule has 0 atom stereocenters. The predicted octanol–water partition coefficient (Wildman–Crippen LogP) is 2.07. The second-order valence-electron chi connectivity index (χ2n) is 6.47. The minimum Gasteiger partial charge on any atom is -0.342 e. The van der Waals surface area contributed by atoms with Crippen molar-refractivity contribution in [3.8, 4) is 11.3 Å². The summed E-state index contributed by atoms with van der Waals surface area (Å²) in [6.07, 6.45) is 4.25. The minimum atomic E-state index is -3.14. The lowest BCUT2D eigenvalue weighted by atomic mass is 10.1. The Morgan fingerprint density at radius 3 is 2.65 bits per heavy atom. The number of sulfonamides is 1. The molecule has 140 valence electrons. The van der Waals surface area contributed by atoms with Crippen LogP contribution in [0.2, 0.25) is 0 Å². The molecule has 6 nitrogen and oxygen atoms in total. The summed E-state index contributed by atoms with van der Waals surface area (Å²) < 4.78 is 24.7. The molecule has 0 radical (unpaired) electrons. The van der Waals surface area contributed by atoms with Crippen LogP contribution in [0, 0.1) is 0 Å². The van der Waals surface area contributed by atoms with Crippen molar-refractivity contribution in [2.75, 3.05) is 25.9 Å². The quantitative estimate of drug-likeness (QED) is 0.745. The Hall–Kier alpha value is -1.77. The maximum absolute atomic E-state index is 11.7. The Labute approximate surface area is 158 Å². The number of hydrogen-bond donors (Lipinski definition) is 1. The van der Waals surface area contributed by atoms with Gasteiger partial charge in [-0.15, -0.1) is 11.3 Å². The van der Waals surface area contributed by atoms with Crippen LogP contribution in [0.4, 0.5) is 0 Å². The largest absolute Gasteiger partial charge is 0.342 e. The van der Waals surface area contributed by atoms with E-state index in [1.807, 2.05) is 34.5 Å². The van der Waals surface area contributed by atoms with Crippen molar-refractivity contribution < 1.29 is 13.2 Å². The third kappa shape index (κ3) is 5.36. The van der Waals surface area contributed by atoms with Crippen LogP contribution in [-0.4, -0.2) is 50.1 Å². The molecule has 3 rings (SSSR count). The number of amides is 1. The van der Waals surface area contributed by atoms with Crippen molar-refractivity contribution in [2.45, 2.75) is 25.7 Å². The van der Waals surface area contributed by atoms with E-state index in [9.17, 15) is 13.2 Å². The Bertz CT molecular complexity index is 860. The summed E-state index contributed by atoms with van der Waals surface area (Å²) in [4.78, 5) is 18.3. The SMILES string of the molecule is CS(=O)(=O)NCCc1ccc(-c2csc(CCN3CCCC3=O)n2)cc1. The van der Waals surface area contributed by atoms with Crippen LogP contribution in [0.5, 0.6) is 0 Å². The highest BCUT2D eigenvalue weighted by Gasteiger charge is 2.19. The second kappa shape index (κ2) is 8.28. The van der Waals surface area contributed by atoms with Gasteiger partial charge in [0, 0.05) is 43.4 Å². The molecule has 1 fully saturated rings. The Kier molecular flexibility index (Phi) is 6.05. The lowest BCUT2D eigenvalue weighted by molar-refractivity contribution is -0.127. The Balaban J connectivity index is 1.54. The first-order chi connectivity index (χ1) is 12.4. The van der Waals surface area contributed by atoms with Gasteiger partial charge in [-0.25, -0.2) is 18.1 Å². The van der Waals surface area contributed by atoms with Gasteiger partial charge in [0.05, 0.1) is 17.0 Å². The van der Waals surface area contributed by atoms with Gasteiger partial charge in [-0.05, 0) is 18.4 Å². The zero-order chi connectivity index (χ0) is 18.6. The van der Waals surface area contributed by atoms with Crippen LogP contribution in [0.3, 0.4) is 0 Å². The normalized spacial score (nSPS) is 15.0. The molecule has 1 amide bonds. The van der Waals surface area contributed by atoms with E-state index in [-0.39, 0.29) is 5.91 Å². The molecule has 1 saturated heterocycles. The topological polar surface area (TPSA) is 79.4 Å². The van der Waals surface area contributed by atoms with Gasteiger partial charge in [-0.3, -0.25) is 4.79 Å². The highest BCUT2D eigenvalue weighted by Crippen LogP contribution is 2.23. The molecule has 0 saturated carbocycles. The van der Waals surface area contributed by atoms with Gasteiger partial charge in [0.15, 0.2) is 0 Å². The molecule has 0 bridgehead atoms. The molecule has 0 spiro atoms. The molecule has 0 aliphatic carbocycles. The first-order valence-corrected chi connectivity index (χ1v) is 11.4. The molecule has 0 unspecified atom stereocenters. The van der Waals surface area contributed by atoms with E-state index in [1.165, 1.54) is 0 Å².